The van der Waals surface area contributed by atoms with Crippen molar-refractivity contribution in [2.45, 2.75) is 18.1 Å². The van der Waals surface area contributed by atoms with Gasteiger partial charge in [-0.25, -0.2) is 0 Å². The van der Waals surface area contributed by atoms with E-state index in [1.165, 1.54) is 10.4 Å². The third-order valence-electron chi connectivity index (χ3n) is 3.80. The van der Waals surface area contributed by atoms with Crippen LogP contribution in [-0.4, -0.2) is 35.6 Å². The smallest absolute Gasteiger partial charge is 0.240 e. The molecular weight excluding hydrogens is 280 g/mol. The topological polar surface area (TPSA) is 63.4 Å². The molecule has 2 unspecified atom stereocenters. The maximum atomic E-state index is 12.6. The summed E-state index contributed by atoms with van der Waals surface area (Å²) in [5, 5.41) is 1.98. The molecule has 0 bridgehead atoms. The number of primary amides is 1. The van der Waals surface area contributed by atoms with E-state index in [4.69, 9.17) is 5.73 Å². The molecular formula is C13H16N2O2S2. The number of hydrogen-bond acceptors (Lipinski definition) is 4. The Bertz CT molecular complexity index is 514. The molecule has 0 radical (unpaired) electrons. The summed E-state index contributed by atoms with van der Waals surface area (Å²) in [6, 6.07) is 2.07. The number of hydrogen-bond donors (Lipinski definition) is 1. The predicted octanol–water partition coefficient (Wildman–Crippen LogP) is 1.41. The van der Waals surface area contributed by atoms with Crippen LogP contribution in [0, 0.1) is 5.92 Å². The van der Waals surface area contributed by atoms with E-state index in [0.717, 1.165) is 12.2 Å². The summed E-state index contributed by atoms with van der Waals surface area (Å²) < 4.78 is 0. The summed E-state index contributed by atoms with van der Waals surface area (Å²) in [6.45, 7) is 1.15. The first-order valence-electron chi connectivity index (χ1n) is 6.43. The lowest BCUT2D eigenvalue weighted by Gasteiger charge is -2.26. The molecule has 0 aromatic carbocycles. The van der Waals surface area contributed by atoms with Crippen LogP contribution in [0.5, 0.6) is 0 Å². The summed E-state index contributed by atoms with van der Waals surface area (Å²) in [6.07, 6.45) is 1.76. The van der Waals surface area contributed by atoms with Crippen molar-refractivity contribution < 1.29 is 9.59 Å². The first kappa shape index (κ1) is 13.0. The second-order valence-electron chi connectivity index (χ2n) is 4.97. The lowest BCUT2D eigenvalue weighted by molar-refractivity contribution is -0.130. The van der Waals surface area contributed by atoms with Gasteiger partial charge in [-0.1, -0.05) is 0 Å². The van der Waals surface area contributed by atoms with Crippen LogP contribution < -0.4 is 5.73 Å². The molecule has 0 aliphatic carbocycles. The maximum Gasteiger partial charge on any atom is 0.240 e. The molecule has 3 rings (SSSR count). The van der Waals surface area contributed by atoms with Crippen molar-refractivity contribution >= 4 is 34.9 Å². The summed E-state index contributed by atoms with van der Waals surface area (Å²) in [7, 11) is 0. The van der Waals surface area contributed by atoms with Gasteiger partial charge in [0.1, 0.15) is 5.25 Å². The van der Waals surface area contributed by atoms with Gasteiger partial charge in [0, 0.05) is 18.0 Å². The predicted molar refractivity (Wildman–Crippen MR) is 77.1 cm³/mol. The maximum absolute atomic E-state index is 12.6. The highest BCUT2D eigenvalue weighted by atomic mass is 32.2. The van der Waals surface area contributed by atoms with Crippen molar-refractivity contribution in [3.8, 4) is 0 Å². The molecule has 0 spiro atoms. The number of likely N-dealkylation sites (tertiary alicyclic amines) is 1. The van der Waals surface area contributed by atoms with Gasteiger partial charge < -0.3 is 10.6 Å². The van der Waals surface area contributed by atoms with Gasteiger partial charge in [0.25, 0.3) is 0 Å². The molecule has 3 heterocycles. The zero-order chi connectivity index (χ0) is 13.4. The highest BCUT2D eigenvalue weighted by Crippen LogP contribution is 2.41. The van der Waals surface area contributed by atoms with Crippen molar-refractivity contribution in [3.63, 3.8) is 0 Å². The van der Waals surface area contributed by atoms with Gasteiger partial charge in [-0.15, -0.1) is 23.1 Å². The van der Waals surface area contributed by atoms with E-state index in [-0.39, 0.29) is 23.0 Å². The summed E-state index contributed by atoms with van der Waals surface area (Å²) in [5.41, 5.74) is 6.49. The molecule has 4 nitrogen and oxygen atoms in total. The molecule has 2 aliphatic heterocycles. The Morgan fingerprint density at radius 2 is 2.26 bits per heavy atom. The Morgan fingerprint density at radius 1 is 1.42 bits per heavy atom. The SMILES string of the molecule is NC(=O)C1CCN(C(=O)C2SCCc3sccc32)C1. The van der Waals surface area contributed by atoms with E-state index in [0.29, 0.717) is 19.5 Å². The molecule has 2 atom stereocenters. The first-order valence-corrected chi connectivity index (χ1v) is 8.35. The Balaban J connectivity index is 1.74. The van der Waals surface area contributed by atoms with Crippen LogP contribution in [0.4, 0.5) is 0 Å². The van der Waals surface area contributed by atoms with Crippen LogP contribution in [0.25, 0.3) is 0 Å². The van der Waals surface area contributed by atoms with Crippen molar-refractivity contribution in [1.82, 2.24) is 4.90 Å². The number of nitrogens with zero attached hydrogens (tertiary/aromatic N) is 1. The van der Waals surface area contributed by atoms with Crippen LogP contribution in [0.2, 0.25) is 0 Å². The fraction of sp³-hybridized carbons (Fsp3) is 0.538. The number of nitrogens with two attached hydrogens (primary N) is 1. The zero-order valence-electron chi connectivity index (χ0n) is 10.5. The number of carbonyl (C=O) groups excluding carboxylic acids is 2. The van der Waals surface area contributed by atoms with Crippen LogP contribution in [-0.2, 0) is 16.0 Å². The van der Waals surface area contributed by atoms with Crippen LogP contribution in [0.1, 0.15) is 22.1 Å². The lowest BCUT2D eigenvalue weighted by atomic mass is 10.1. The minimum Gasteiger partial charge on any atom is -0.369 e. The minimum atomic E-state index is -0.289. The molecule has 2 N–H and O–H groups in total. The van der Waals surface area contributed by atoms with E-state index in [1.807, 2.05) is 0 Å². The van der Waals surface area contributed by atoms with Crippen molar-refractivity contribution in [1.29, 1.82) is 0 Å². The van der Waals surface area contributed by atoms with Gasteiger partial charge in [0.2, 0.25) is 11.8 Å². The molecule has 1 saturated heterocycles. The van der Waals surface area contributed by atoms with Crippen LogP contribution >= 0.6 is 23.1 Å². The molecule has 6 heteroatoms. The molecule has 2 aliphatic rings. The Labute approximate surface area is 120 Å². The highest BCUT2D eigenvalue weighted by Gasteiger charge is 2.36. The van der Waals surface area contributed by atoms with Gasteiger partial charge >= 0.3 is 0 Å². The largest absolute Gasteiger partial charge is 0.369 e. The van der Waals surface area contributed by atoms with Gasteiger partial charge in [-0.05, 0) is 35.6 Å². The van der Waals surface area contributed by atoms with Gasteiger partial charge in [0.15, 0.2) is 0 Å². The molecule has 1 fully saturated rings. The number of carbonyl (C=O) groups is 2. The molecule has 1 aromatic heterocycles. The van der Waals surface area contributed by atoms with Crippen molar-refractivity contribution in [3.05, 3.63) is 21.9 Å². The van der Waals surface area contributed by atoms with Crippen molar-refractivity contribution in [2.75, 3.05) is 18.8 Å². The molecule has 0 saturated carbocycles. The summed E-state index contributed by atoms with van der Waals surface area (Å²) >= 11 is 3.45. The van der Waals surface area contributed by atoms with Gasteiger partial charge in [-0.3, -0.25) is 9.59 Å². The second kappa shape index (κ2) is 5.17. The minimum absolute atomic E-state index is 0.0818. The molecule has 102 valence electrons. The van der Waals surface area contributed by atoms with E-state index in [9.17, 15) is 9.59 Å². The normalized spacial score (nSPS) is 26.2. The average Bonchev–Trinajstić information content (AvgIpc) is 3.06. The highest BCUT2D eigenvalue weighted by molar-refractivity contribution is 8.00. The molecule has 1 aromatic rings. The first-order chi connectivity index (χ1) is 9.16. The fourth-order valence-corrected chi connectivity index (χ4v) is 5.08. The monoisotopic (exact) mass is 296 g/mol. The van der Waals surface area contributed by atoms with Crippen LogP contribution in [0.15, 0.2) is 11.4 Å². The number of fused-ring (bicyclic) bond motifs is 1. The van der Waals surface area contributed by atoms with E-state index >= 15 is 0 Å². The number of thiophene rings is 1. The van der Waals surface area contributed by atoms with Gasteiger partial charge in [0.05, 0.1) is 5.92 Å². The Kier molecular flexibility index (Phi) is 3.54. The van der Waals surface area contributed by atoms with Crippen LogP contribution in [0.3, 0.4) is 0 Å². The number of amides is 2. The lowest BCUT2D eigenvalue weighted by Crippen LogP contribution is -2.35. The van der Waals surface area contributed by atoms with E-state index in [1.54, 1.807) is 28.0 Å². The third-order valence-corrected chi connectivity index (χ3v) is 6.03. The quantitative estimate of drug-likeness (QED) is 0.897. The molecule has 19 heavy (non-hydrogen) atoms. The van der Waals surface area contributed by atoms with E-state index in [2.05, 4.69) is 11.4 Å². The summed E-state index contributed by atoms with van der Waals surface area (Å²) in [4.78, 5) is 26.9. The second-order valence-corrected chi connectivity index (χ2v) is 7.19. The van der Waals surface area contributed by atoms with Crippen molar-refractivity contribution in [2.24, 2.45) is 11.7 Å². The summed E-state index contributed by atoms with van der Waals surface area (Å²) in [5.74, 6) is 0.687. The number of thioether (sulfide) groups is 1. The Hall–Kier alpha value is -1.01. The third kappa shape index (κ3) is 2.39. The number of rotatable bonds is 2. The number of aryl methyl sites for hydroxylation is 1. The standard InChI is InChI=1S/C13H16N2O2S2/c14-12(16)8-1-4-15(7-8)13(17)11-9-2-5-18-10(9)3-6-19-11/h2,5,8,11H,1,3-4,6-7H2,(H2,14,16). The fourth-order valence-electron chi connectivity index (χ4n) is 2.71. The zero-order valence-corrected chi connectivity index (χ0v) is 12.1. The average molecular weight is 296 g/mol. The van der Waals surface area contributed by atoms with E-state index < -0.39 is 0 Å². The van der Waals surface area contributed by atoms with Gasteiger partial charge in [-0.2, -0.15) is 0 Å². The molecule has 2 amide bonds. The Morgan fingerprint density at radius 3 is 3.00 bits per heavy atom.